The van der Waals surface area contributed by atoms with Gasteiger partial charge in [-0.2, -0.15) is 11.3 Å². The van der Waals surface area contributed by atoms with Gasteiger partial charge in [0, 0.05) is 54.1 Å². The molecule has 0 N–H and O–H groups in total. The number of hydrogen-bond donors (Lipinski definition) is 0. The predicted octanol–water partition coefficient (Wildman–Crippen LogP) is 9.68. The number of thiazole rings is 1. The van der Waals surface area contributed by atoms with E-state index in [0.29, 0.717) is 0 Å². The zero-order valence-electron chi connectivity index (χ0n) is 23.7. The van der Waals surface area contributed by atoms with Crippen LogP contribution in [0, 0.1) is 12.1 Å². The van der Waals surface area contributed by atoms with Crippen LogP contribution in [0.5, 0.6) is 0 Å². The van der Waals surface area contributed by atoms with Gasteiger partial charge in [0.15, 0.2) is 0 Å². The zero-order valence-corrected chi connectivity index (χ0v) is 26.9. The molecular formula is C38H27IrN3S-2. The number of hydrogen-bond acceptors (Lipinski definition) is 4. The third-order valence-electron chi connectivity index (χ3n) is 7.79. The molecule has 0 fully saturated rings. The van der Waals surface area contributed by atoms with Crippen molar-refractivity contribution in [2.75, 3.05) is 0 Å². The molecule has 1 aliphatic rings. The van der Waals surface area contributed by atoms with Crippen molar-refractivity contribution in [2.45, 2.75) is 19.3 Å². The summed E-state index contributed by atoms with van der Waals surface area (Å²) in [5, 5.41) is 1.05. The van der Waals surface area contributed by atoms with Crippen molar-refractivity contribution in [3.05, 3.63) is 151 Å². The molecule has 2 heterocycles. The first-order chi connectivity index (χ1) is 20.6. The standard InChI is InChI=1S/C22H16NS.C16H11N2.Ir/c1-22(2)17-8-4-3-7-15(17)16-12-11-14(13-18(16)22)21-23-19-9-5-6-10-20(19)24-21;1-2-5-13(6-3-1)14-7-4-8-15(11-14)16-12-17-9-10-18-16;/h3-10,12-13H,1-2H3;1-7,9-12H;/q2*-1;. The van der Waals surface area contributed by atoms with Crippen molar-refractivity contribution < 1.29 is 20.1 Å². The fourth-order valence-electron chi connectivity index (χ4n) is 5.61. The van der Waals surface area contributed by atoms with Crippen LogP contribution in [0.4, 0.5) is 0 Å². The van der Waals surface area contributed by atoms with Gasteiger partial charge in [0.25, 0.3) is 0 Å². The van der Waals surface area contributed by atoms with E-state index in [1.165, 1.54) is 32.5 Å². The van der Waals surface area contributed by atoms with Crippen molar-refractivity contribution in [3.8, 4) is 44.1 Å². The SMILES string of the molecule is CC1(C)c2ccccc2-c2c[c-]c(-c3nc4ccccc4s3)cc21.[Ir].[c-]1ccc(-c2ccccc2)cc1-c1cnccn1. The van der Waals surface area contributed by atoms with Gasteiger partial charge in [0.1, 0.15) is 0 Å². The van der Waals surface area contributed by atoms with Gasteiger partial charge in [-0.1, -0.05) is 91.7 Å². The molecule has 2 aromatic heterocycles. The van der Waals surface area contributed by atoms with Crippen molar-refractivity contribution in [2.24, 2.45) is 0 Å². The van der Waals surface area contributed by atoms with E-state index in [2.05, 4.69) is 115 Å². The molecular weight excluding hydrogens is 723 g/mol. The summed E-state index contributed by atoms with van der Waals surface area (Å²) in [5.41, 5.74) is 11.7. The third-order valence-corrected chi connectivity index (χ3v) is 8.86. The maximum Gasteiger partial charge on any atom is 0.0697 e. The average molecular weight is 750 g/mol. The van der Waals surface area contributed by atoms with Gasteiger partial charge >= 0.3 is 0 Å². The first-order valence-corrected chi connectivity index (χ1v) is 14.8. The molecule has 8 rings (SSSR count). The average Bonchev–Trinajstić information content (AvgIpc) is 3.59. The monoisotopic (exact) mass is 750 g/mol. The summed E-state index contributed by atoms with van der Waals surface area (Å²) in [6.45, 7) is 4.61. The maximum absolute atomic E-state index is 4.79. The van der Waals surface area contributed by atoms with Crippen molar-refractivity contribution in [3.63, 3.8) is 0 Å². The number of fused-ring (bicyclic) bond motifs is 4. The van der Waals surface area contributed by atoms with Crippen molar-refractivity contribution >= 4 is 21.6 Å². The van der Waals surface area contributed by atoms with Crippen molar-refractivity contribution in [1.29, 1.82) is 0 Å². The largest absolute Gasteiger partial charge is 0.302 e. The van der Waals surface area contributed by atoms with Crippen LogP contribution in [0.2, 0.25) is 0 Å². The molecule has 7 aromatic rings. The van der Waals surface area contributed by atoms with E-state index in [1.54, 1.807) is 29.9 Å². The van der Waals surface area contributed by atoms with Crippen LogP contribution >= 0.6 is 11.3 Å². The van der Waals surface area contributed by atoms with E-state index in [4.69, 9.17) is 4.98 Å². The van der Waals surface area contributed by atoms with Gasteiger partial charge in [-0.15, -0.1) is 64.7 Å². The second kappa shape index (κ2) is 12.1. The van der Waals surface area contributed by atoms with Gasteiger partial charge in [-0.05, 0) is 28.7 Å². The van der Waals surface area contributed by atoms with Crippen LogP contribution in [0.25, 0.3) is 54.3 Å². The quantitative estimate of drug-likeness (QED) is 0.169. The predicted molar refractivity (Wildman–Crippen MR) is 173 cm³/mol. The minimum atomic E-state index is 0. The summed E-state index contributed by atoms with van der Waals surface area (Å²) in [6, 6.07) is 44.4. The molecule has 1 aliphatic carbocycles. The van der Waals surface area contributed by atoms with E-state index in [0.717, 1.165) is 32.9 Å². The van der Waals surface area contributed by atoms with E-state index < -0.39 is 0 Å². The van der Waals surface area contributed by atoms with E-state index >= 15 is 0 Å². The van der Waals surface area contributed by atoms with Crippen LogP contribution in [-0.4, -0.2) is 15.0 Å². The maximum atomic E-state index is 4.79. The minimum Gasteiger partial charge on any atom is -0.302 e. The number of aromatic nitrogens is 3. The summed E-state index contributed by atoms with van der Waals surface area (Å²) in [5.74, 6) is 0. The molecule has 0 atom stereocenters. The van der Waals surface area contributed by atoms with Crippen LogP contribution in [0.1, 0.15) is 25.0 Å². The molecule has 5 heteroatoms. The Balaban J connectivity index is 0.000000156. The number of nitrogens with zero attached hydrogens (tertiary/aromatic N) is 3. The second-order valence-corrected chi connectivity index (χ2v) is 11.8. The third kappa shape index (κ3) is 5.60. The fourth-order valence-corrected chi connectivity index (χ4v) is 6.56. The topological polar surface area (TPSA) is 38.7 Å². The molecule has 0 spiro atoms. The summed E-state index contributed by atoms with van der Waals surface area (Å²) in [7, 11) is 0. The molecule has 43 heavy (non-hydrogen) atoms. The Kier molecular flexibility index (Phi) is 8.14. The zero-order chi connectivity index (χ0) is 28.5. The normalized spacial score (nSPS) is 12.4. The van der Waals surface area contributed by atoms with Crippen LogP contribution in [0.15, 0.2) is 128 Å². The summed E-state index contributed by atoms with van der Waals surface area (Å²) in [4.78, 5) is 13.2. The smallest absolute Gasteiger partial charge is 0.0697 e. The Morgan fingerprint density at radius 1 is 0.698 bits per heavy atom. The first kappa shape index (κ1) is 28.8. The Morgan fingerprint density at radius 3 is 2.30 bits per heavy atom. The van der Waals surface area contributed by atoms with Gasteiger partial charge in [-0.3, -0.25) is 9.97 Å². The molecule has 0 saturated carbocycles. The van der Waals surface area contributed by atoms with Crippen LogP contribution in [0.3, 0.4) is 0 Å². The first-order valence-electron chi connectivity index (χ1n) is 13.9. The number of rotatable bonds is 3. The van der Waals surface area contributed by atoms with E-state index in [9.17, 15) is 0 Å². The Hall–Kier alpha value is -4.28. The molecule has 0 bridgehead atoms. The van der Waals surface area contributed by atoms with Crippen LogP contribution in [-0.2, 0) is 25.5 Å². The van der Waals surface area contributed by atoms with Crippen molar-refractivity contribution in [1.82, 2.24) is 15.0 Å². The summed E-state index contributed by atoms with van der Waals surface area (Å²) < 4.78 is 1.23. The fraction of sp³-hybridized carbons (Fsp3) is 0.0789. The number of benzene rings is 5. The molecule has 0 aliphatic heterocycles. The molecule has 3 nitrogen and oxygen atoms in total. The van der Waals surface area contributed by atoms with Gasteiger partial charge in [0.2, 0.25) is 0 Å². The minimum absolute atomic E-state index is 0. The molecule has 0 saturated heterocycles. The molecule has 0 amide bonds. The molecule has 5 aromatic carbocycles. The number of para-hydroxylation sites is 1. The Labute approximate surface area is 269 Å². The second-order valence-electron chi connectivity index (χ2n) is 10.8. The Morgan fingerprint density at radius 2 is 1.49 bits per heavy atom. The van der Waals surface area contributed by atoms with E-state index in [1.807, 2.05) is 30.3 Å². The van der Waals surface area contributed by atoms with Gasteiger partial charge in [-0.25, -0.2) is 0 Å². The van der Waals surface area contributed by atoms with Crippen LogP contribution < -0.4 is 0 Å². The van der Waals surface area contributed by atoms with Gasteiger partial charge in [0.05, 0.1) is 5.52 Å². The molecule has 1 radical (unpaired) electrons. The van der Waals surface area contributed by atoms with Gasteiger partial charge < -0.3 is 4.98 Å². The Bertz CT molecular complexity index is 1930. The summed E-state index contributed by atoms with van der Waals surface area (Å²) >= 11 is 1.74. The molecule has 0 unspecified atom stereocenters. The summed E-state index contributed by atoms with van der Waals surface area (Å²) in [6.07, 6.45) is 5.11. The molecule has 211 valence electrons. The van der Waals surface area contributed by atoms with E-state index in [-0.39, 0.29) is 25.5 Å².